The van der Waals surface area contributed by atoms with Gasteiger partial charge in [-0.25, -0.2) is 8.42 Å². The van der Waals surface area contributed by atoms with Crippen LogP contribution in [0, 0.1) is 0 Å². The molecule has 0 bridgehead atoms. The molecule has 0 fully saturated rings. The number of nitrogens with zero attached hydrogens (tertiary/aromatic N) is 3. The quantitative estimate of drug-likeness (QED) is 0.339. The molecule has 0 spiro atoms. The standard InChI is InChI=1S/C25H21Cl2N3O3S2/c1-2-30-23-21(27)13-19(26)14-22(23)34-25(30)28-24(31)17-7-9-20(10-8-17)35(32,33)29-12-11-16-5-3-4-6-18(16)15-29/h3-10,13-14H,2,11-12,15H2,1H3. The third-order valence-corrected chi connectivity index (χ3v) is 9.43. The molecule has 0 radical (unpaired) electrons. The molecule has 1 aliphatic rings. The van der Waals surface area contributed by atoms with Crippen molar-refractivity contribution in [3.05, 3.63) is 92.2 Å². The first-order valence-electron chi connectivity index (χ1n) is 11.0. The van der Waals surface area contributed by atoms with Crippen LogP contribution in [0.5, 0.6) is 0 Å². The van der Waals surface area contributed by atoms with Crippen LogP contribution < -0.4 is 4.80 Å². The van der Waals surface area contributed by atoms with Gasteiger partial charge in [-0.2, -0.15) is 9.30 Å². The smallest absolute Gasteiger partial charge is 0.279 e. The minimum atomic E-state index is -3.68. The summed E-state index contributed by atoms with van der Waals surface area (Å²) in [5, 5.41) is 1.01. The van der Waals surface area contributed by atoms with Crippen molar-refractivity contribution in [2.45, 2.75) is 31.3 Å². The number of amides is 1. The van der Waals surface area contributed by atoms with Gasteiger partial charge in [-0.15, -0.1) is 0 Å². The predicted octanol–water partition coefficient (Wildman–Crippen LogP) is 5.52. The molecule has 1 amide bonds. The Morgan fingerprint density at radius 1 is 1.06 bits per heavy atom. The number of aryl methyl sites for hydroxylation is 1. The number of halogens is 2. The number of thiazole rings is 1. The second-order valence-electron chi connectivity index (χ2n) is 8.16. The maximum atomic E-state index is 13.2. The minimum absolute atomic E-state index is 0.153. The lowest BCUT2D eigenvalue weighted by atomic mass is 10.0. The molecule has 5 rings (SSSR count). The maximum Gasteiger partial charge on any atom is 0.279 e. The van der Waals surface area contributed by atoms with Crippen LogP contribution in [0.15, 0.2) is 70.6 Å². The van der Waals surface area contributed by atoms with Crippen molar-refractivity contribution in [2.24, 2.45) is 4.99 Å². The van der Waals surface area contributed by atoms with E-state index in [9.17, 15) is 13.2 Å². The van der Waals surface area contributed by atoms with Crippen LogP contribution in [-0.4, -0.2) is 29.7 Å². The Kier molecular flexibility index (Phi) is 6.59. The molecular weight excluding hydrogens is 525 g/mol. The van der Waals surface area contributed by atoms with Crippen LogP contribution in [0.3, 0.4) is 0 Å². The summed E-state index contributed by atoms with van der Waals surface area (Å²) in [5.41, 5.74) is 3.27. The molecule has 35 heavy (non-hydrogen) atoms. The van der Waals surface area contributed by atoms with Crippen LogP contribution in [0.4, 0.5) is 0 Å². The Morgan fingerprint density at radius 2 is 1.77 bits per heavy atom. The molecule has 0 saturated carbocycles. The Balaban J connectivity index is 1.43. The van der Waals surface area contributed by atoms with Gasteiger partial charge < -0.3 is 4.57 Å². The minimum Gasteiger partial charge on any atom is -0.315 e. The number of hydrogen-bond donors (Lipinski definition) is 0. The first-order chi connectivity index (χ1) is 16.8. The number of carbonyl (C=O) groups excluding carboxylic acids is 1. The fraction of sp³-hybridized carbons (Fsp3) is 0.200. The monoisotopic (exact) mass is 545 g/mol. The van der Waals surface area contributed by atoms with E-state index >= 15 is 0 Å². The van der Waals surface area contributed by atoms with E-state index in [1.54, 1.807) is 12.1 Å². The largest absolute Gasteiger partial charge is 0.315 e. The molecule has 180 valence electrons. The van der Waals surface area contributed by atoms with Crippen molar-refractivity contribution < 1.29 is 13.2 Å². The lowest BCUT2D eigenvalue weighted by Crippen LogP contribution is -2.35. The summed E-state index contributed by atoms with van der Waals surface area (Å²) in [6.45, 7) is 3.28. The van der Waals surface area contributed by atoms with Gasteiger partial charge in [0.15, 0.2) is 4.80 Å². The van der Waals surface area contributed by atoms with Crippen molar-refractivity contribution in [1.29, 1.82) is 0 Å². The fourth-order valence-electron chi connectivity index (χ4n) is 4.25. The summed E-state index contributed by atoms with van der Waals surface area (Å²) < 4.78 is 30.6. The van der Waals surface area contributed by atoms with Gasteiger partial charge in [-0.1, -0.05) is 58.8 Å². The molecule has 0 saturated heterocycles. The van der Waals surface area contributed by atoms with Crippen LogP contribution in [0.2, 0.25) is 10.0 Å². The highest BCUT2D eigenvalue weighted by Gasteiger charge is 2.28. The van der Waals surface area contributed by atoms with Gasteiger partial charge in [0.1, 0.15) is 0 Å². The van der Waals surface area contributed by atoms with Crippen molar-refractivity contribution >= 4 is 60.7 Å². The topological polar surface area (TPSA) is 71.7 Å². The maximum absolute atomic E-state index is 13.2. The molecule has 2 heterocycles. The molecule has 1 aliphatic heterocycles. The Hall–Kier alpha value is -2.49. The van der Waals surface area contributed by atoms with E-state index in [2.05, 4.69) is 4.99 Å². The summed E-state index contributed by atoms with van der Waals surface area (Å²) >= 11 is 13.8. The third kappa shape index (κ3) is 4.57. The Labute approximate surface area is 217 Å². The second kappa shape index (κ2) is 9.52. The third-order valence-electron chi connectivity index (χ3n) is 6.04. The number of carbonyl (C=O) groups is 1. The van der Waals surface area contributed by atoms with Gasteiger partial charge >= 0.3 is 0 Å². The zero-order valence-electron chi connectivity index (χ0n) is 18.7. The van der Waals surface area contributed by atoms with Crippen molar-refractivity contribution in [3.8, 4) is 0 Å². The normalized spacial score (nSPS) is 14.9. The molecule has 0 atom stereocenters. The molecule has 3 aromatic carbocycles. The van der Waals surface area contributed by atoms with Crippen LogP contribution >= 0.6 is 34.5 Å². The molecule has 0 unspecified atom stereocenters. The highest BCUT2D eigenvalue weighted by Crippen LogP contribution is 2.30. The van der Waals surface area contributed by atoms with Gasteiger partial charge in [0.2, 0.25) is 10.0 Å². The summed E-state index contributed by atoms with van der Waals surface area (Å²) in [6.07, 6.45) is 0.673. The molecule has 6 nitrogen and oxygen atoms in total. The molecule has 0 aliphatic carbocycles. The fourth-order valence-corrected chi connectivity index (χ4v) is 7.55. The summed E-state index contributed by atoms with van der Waals surface area (Å²) in [6, 6.07) is 17.3. The number of rotatable bonds is 4. The van der Waals surface area contributed by atoms with E-state index in [0.29, 0.717) is 46.5 Å². The molecular formula is C25H21Cl2N3O3S2. The lowest BCUT2D eigenvalue weighted by Gasteiger charge is -2.28. The van der Waals surface area contributed by atoms with E-state index in [1.165, 1.54) is 45.5 Å². The van der Waals surface area contributed by atoms with Crippen molar-refractivity contribution in [1.82, 2.24) is 8.87 Å². The number of fused-ring (bicyclic) bond motifs is 2. The highest BCUT2D eigenvalue weighted by molar-refractivity contribution is 7.89. The van der Waals surface area contributed by atoms with E-state index in [1.807, 2.05) is 35.8 Å². The molecule has 4 aromatic rings. The van der Waals surface area contributed by atoms with Crippen LogP contribution in [-0.2, 0) is 29.5 Å². The zero-order chi connectivity index (χ0) is 24.7. The average molecular weight is 547 g/mol. The molecule has 1 aromatic heterocycles. The first kappa shape index (κ1) is 24.2. The summed E-state index contributed by atoms with van der Waals surface area (Å²) in [5.74, 6) is -0.461. The number of benzene rings is 3. The van der Waals surface area contributed by atoms with Crippen LogP contribution in [0.1, 0.15) is 28.4 Å². The Bertz CT molecular complexity index is 1620. The van der Waals surface area contributed by atoms with Crippen LogP contribution in [0.25, 0.3) is 10.2 Å². The lowest BCUT2D eigenvalue weighted by molar-refractivity contribution is 0.0997. The van der Waals surface area contributed by atoms with Gasteiger partial charge in [-0.05, 0) is 60.9 Å². The van der Waals surface area contributed by atoms with Gasteiger partial charge in [0.05, 0.1) is 20.1 Å². The Morgan fingerprint density at radius 3 is 2.49 bits per heavy atom. The van der Waals surface area contributed by atoms with E-state index in [4.69, 9.17) is 23.2 Å². The van der Waals surface area contributed by atoms with Gasteiger partial charge in [-0.3, -0.25) is 4.79 Å². The number of sulfonamides is 1. The summed E-state index contributed by atoms with van der Waals surface area (Å²) in [4.78, 5) is 17.9. The molecule has 0 N–H and O–H groups in total. The predicted molar refractivity (Wildman–Crippen MR) is 140 cm³/mol. The van der Waals surface area contributed by atoms with Gasteiger partial charge in [0.25, 0.3) is 5.91 Å². The van der Waals surface area contributed by atoms with Crippen molar-refractivity contribution in [2.75, 3.05) is 6.54 Å². The zero-order valence-corrected chi connectivity index (χ0v) is 21.9. The number of hydrogen-bond acceptors (Lipinski definition) is 4. The summed E-state index contributed by atoms with van der Waals surface area (Å²) in [7, 11) is -3.68. The van der Waals surface area contributed by atoms with E-state index in [0.717, 1.165) is 15.8 Å². The molecule has 10 heteroatoms. The average Bonchev–Trinajstić information content (AvgIpc) is 3.20. The first-order valence-corrected chi connectivity index (χ1v) is 14.0. The van der Waals surface area contributed by atoms with E-state index in [-0.39, 0.29) is 4.90 Å². The van der Waals surface area contributed by atoms with E-state index < -0.39 is 15.9 Å². The van der Waals surface area contributed by atoms with Crippen molar-refractivity contribution in [3.63, 3.8) is 0 Å². The SMILES string of the molecule is CCn1c(=NC(=O)c2ccc(S(=O)(=O)N3CCc4ccccc4C3)cc2)sc2cc(Cl)cc(Cl)c21. The number of aromatic nitrogens is 1. The second-order valence-corrected chi connectivity index (χ2v) is 12.0. The highest BCUT2D eigenvalue weighted by atomic mass is 35.5. The van der Waals surface area contributed by atoms with Gasteiger partial charge in [0, 0.05) is 30.2 Å².